The Morgan fingerprint density at radius 2 is 2.24 bits per heavy atom. The molecule has 0 spiro atoms. The van der Waals surface area contributed by atoms with E-state index in [4.69, 9.17) is 0 Å². The first kappa shape index (κ1) is 13.3. The van der Waals surface area contributed by atoms with E-state index in [2.05, 4.69) is 20.1 Å². The van der Waals surface area contributed by atoms with Crippen LogP contribution in [0.4, 0.5) is 9.59 Å². The maximum atomic E-state index is 11.0. The number of hydrogen-bond acceptors (Lipinski definition) is 5. The van der Waals surface area contributed by atoms with Crippen molar-refractivity contribution in [1.82, 2.24) is 10.6 Å². The molecule has 2 amide bonds. The van der Waals surface area contributed by atoms with E-state index >= 15 is 0 Å². The van der Waals surface area contributed by atoms with Gasteiger partial charge >= 0.3 is 18.2 Å². The van der Waals surface area contributed by atoms with Crippen LogP contribution in [0.3, 0.4) is 0 Å². The highest BCUT2D eigenvalue weighted by Crippen LogP contribution is 2.08. The van der Waals surface area contributed by atoms with Crippen LogP contribution in [-0.2, 0) is 14.3 Å². The molecule has 0 aromatic carbocycles. The van der Waals surface area contributed by atoms with Crippen molar-refractivity contribution in [2.75, 3.05) is 13.2 Å². The monoisotopic (exact) mass is 244 g/mol. The van der Waals surface area contributed by atoms with Crippen molar-refractivity contribution in [1.29, 1.82) is 0 Å². The molecule has 0 bridgehead atoms. The van der Waals surface area contributed by atoms with Gasteiger partial charge in [-0.05, 0) is 26.2 Å². The number of hydrogen-bond donors (Lipinski definition) is 2. The number of ether oxygens (including phenoxy) is 2. The van der Waals surface area contributed by atoms with E-state index in [-0.39, 0.29) is 0 Å². The molecule has 0 radical (unpaired) electrons. The van der Waals surface area contributed by atoms with E-state index in [0.29, 0.717) is 32.4 Å². The number of rotatable bonds is 6. The van der Waals surface area contributed by atoms with Gasteiger partial charge in [-0.1, -0.05) is 0 Å². The zero-order valence-corrected chi connectivity index (χ0v) is 9.65. The zero-order valence-electron chi connectivity index (χ0n) is 9.65. The van der Waals surface area contributed by atoms with E-state index in [1.807, 2.05) is 0 Å². The zero-order chi connectivity index (χ0) is 12.7. The molecule has 1 unspecified atom stereocenters. The van der Waals surface area contributed by atoms with E-state index in [1.54, 1.807) is 6.92 Å². The fourth-order valence-electron chi connectivity index (χ4n) is 1.43. The summed E-state index contributed by atoms with van der Waals surface area (Å²) in [6.45, 7) is 2.55. The first-order valence-corrected chi connectivity index (χ1v) is 5.56. The normalized spacial score (nSPS) is 18.5. The number of unbranched alkanes of at least 4 members (excludes halogenated alkanes) is 1. The topological polar surface area (TPSA) is 93.7 Å². The van der Waals surface area contributed by atoms with E-state index < -0.39 is 24.2 Å². The molecule has 1 saturated heterocycles. The van der Waals surface area contributed by atoms with Crippen LogP contribution >= 0.6 is 0 Å². The van der Waals surface area contributed by atoms with Crippen molar-refractivity contribution in [3.05, 3.63) is 0 Å². The molecule has 1 aliphatic heterocycles. The molecule has 0 aliphatic carbocycles. The second-order valence-corrected chi connectivity index (χ2v) is 3.55. The molecular weight excluding hydrogens is 228 g/mol. The first-order chi connectivity index (χ1) is 8.13. The predicted octanol–water partition coefficient (Wildman–Crippen LogP) is 0.538. The Bertz CT molecular complexity index is 305. The summed E-state index contributed by atoms with van der Waals surface area (Å²) in [5.74, 6) is -0.534. The van der Waals surface area contributed by atoms with Gasteiger partial charge in [-0.25, -0.2) is 14.4 Å². The van der Waals surface area contributed by atoms with Gasteiger partial charge in [0.05, 0.1) is 6.61 Å². The number of alkyl carbamates (subject to hydrolysis) is 2. The lowest BCUT2D eigenvalue weighted by Crippen LogP contribution is -2.29. The van der Waals surface area contributed by atoms with Crippen LogP contribution in [-0.4, -0.2) is 37.3 Å². The van der Waals surface area contributed by atoms with Crippen LogP contribution in [0.25, 0.3) is 0 Å². The molecule has 96 valence electrons. The van der Waals surface area contributed by atoms with Crippen LogP contribution in [0.2, 0.25) is 0 Å². The van der Waals surface area contributed by atoms with Gasteiger partial charge in [0, 0.05) is 6.54 Å². The Morgan fingerprint density at radius 1 is 1.47 bits per heavy atom. The van der Waals surface area contributed by atoms with Gasteiger partial charge in [0.2, 0.25) is 0 Å². The van der Waals surface area contributed by atoms with Crippen molar-refractivity contribution in [2.24, 2.45) is 0 Å². The van der Waals surface area contributed by atoms with Gasteiger partial charge in [-0.15, -0.1) is 0 Å². The Balaban J connectivity index is 2.03. The van der Waals surface area contributed by atoms with Crippen LogP contribution in [0.1, 0.15) is 26.2 Å². The smallest absolute Gasteiger partial charge is 0.415 e. The second kappa shape index (κ2) is 6.72. The van der Waals surface area contributed by atoms with Crippen molar-refractivity contribution in [3.8, 4) is 0 Å². The minimum Gasteiger partial charge on any atom is -0.450 e. The highest BCUT2D eigenvalue weighted by molar-refractivity contribution is 5.95. The lowest BCUT2D eigenvalue weighted by atomic mass is 10.1. The fraction of sp³-hybridized carbons (Fsp3) is 0.700. The van der Waals surface area contributed by atoms with Gasteiger partial charge in [-0.3, -0.25) is 0 Å². The van der Waals surface area contributed by atoms with E-state index in [0.717, 1.165) is 0 Å². The lowest BCUT2D eigenvalue weighted by molar-refractivity contribution is -0.135. The molecule has 1 atom stereocenters. The molecule has 0 aromatic heterocycles. The average Bonchev–Trinajstić information content (AvgIpc) is 2.57. The number of carbonyl (C=O) groups excluding carboxylic acids is 3. The minimum atomic E-state index is -0.690. The van der Waals surface area contributed by atoms with Gasteiger partial charge in [0.1, 0.15) is 6.04 Å². The summed E-state index contributed by atoms with van der Waals surface area (Å²) in [5.41, 5.74) is 0. The Hall–Kier alpha value is -1.79. The van der Waals surface area contributed by atoms with Crippen molar-refractivity contribution in [2.45, 2.75) is 32.2 Å². The maximum Gasteiger partial charge on any atom is 0.415 e. The summed E-state index contributed by atoms with van der Waals surface area (Å²) in [6.07, 6.45) is 0.783. The predicted molar refractivity (Wildman–Crippen MR) is 57.3 cm³/mol. The number of carbonyl (C=O) groups is 3. The third kappa shape index (κ3) is 4.71. The van der Waals surface area contributed by atoms with Crippen LogP contribution in [0.5, 0.6) is 0 Å². The molecule has 0 saturated carbocycles. The summed E-state index contributed by atoms with van der Waals surface area (Å²) >= 11 is 0. The van der Waals surface area contributed by atoms with Gasteiger partial charge < -0.3 is 20.1 Å². The van der Waals surface area contributed by atoms with Crippen LogP contribution in [0, 0.1) is 0 Å². The maximum absolute atomic E-state index is 11.0. The number of amides is 2. The summed E-state index contributed by atoms with van der Waals surface area (Å²) in [4.78, 5) is 32.6. The average molecular weight is 244 g/mol. The first-order valence-electron chi connectivity index (χ1n) is 5.56. The van der Waals surface area contributed by atoms with Crippen molar-refractivity contribution < 1.29 is 23.9 Å². The highest BCUT2D eigenvalue weighted by Gasteiger charge is 2.31. The molecule has 7 nitrogen and oxygen atoms in total. The summed E-state index contributed by atoms with van der Waals surface area (Å²) < 4.78 is 8.99. The molecule has 2 N–H and O–H groups in total. The Morgan fingerprint density at radius 3 is 2.82 bits per heavy atom. The van der Waals surface area contributed by atoms with E-state index in [1.165, 1.54) is 0 Å². The molecule has 1 aliphatic rings. The molecule has 17 heavy (non-hydrogen) atoms. The summed E-state index contributed by atoms with van der Waals surface area (Å²) in [5, 5.41) is 4.97. The van der Waals surface area contributed by atoms with Crippen molar-refractivity contribution in [3.63, 3.8) is 0 Å². The molecule has 1 fully saturated rings. The lowest BCUT2D eigenvalue weighted by Gasteiger charge is -2.06. The number of esters is 1. The summed E-state index contributed by atoms with van der Waals surface area (Å²) in [6, 6.07) is -0.551. The fourth-order valence-corrected chi connectivity index (χ4v) is 1.43. The second-order valence-electron chi connectivity index (χ2n) is 3.55. The molecule has 1 rings (SSSR count). The third-order valence-corrected chi connectivity index (χ3v) is 2.23. The van der Waals surface area contributed by atoms with Gasteiger partial charge in [0.15, 0.2) is 0 Å². The molecule has 1 heterocycles. The van der Waals surface area contributed by atoms with Crippen LogP contribution < -0.4 is 10.6 Å². The number of cyclic esters (lactones) is 2. The SMILES string of the molecule is CCOC(=O)NCCCCC1NC(=O)OC1=O. The van der Waals surface area contributed by atoms with E-state index in [9.17, 15) is 14.4 Å². The quantitative estimate of drug-likeness (QED) is 0.404. The summed E-state index contributed by atoms with van der Waals surface area (Å²) in [7, 11) is 0. The molecule has 7 heteroatoms. The molecular formula is C10H16N2O5. The van der Waals surface area contributed by atoms with Gasteiger partial charge in [0.25, 0.3) is 0 Å². The van der Waals surface area contributed by atoms with Crippen molar-refractivity contribution >= 4 is 18.2 Å². The Kier molecular flexibility index (Phi) is 5.25. The Labute approximate surface area is 98.8 Å². The highest BCUT2D eigenvalue weighted by atomic mass is 16.6. The largest absolute Gasteiger partial charge is 0.450 e. The minimum absolute atomic E-state index is 0.339. The van der Waals surface area contributed by atoms with Crippen LogP contribution in [0.15, 0.2) is 0 Å². The third-order valence-electron chi connectivity index (χ3n) is 2.23. The number of nitrogens with one attached hydrogen (secondary N) is 2. The standard InChI is InChI=1S/C10H16N2O5/c1-2-16-9(14)11-6-4-3-5-7-8(13)17-10(15)12-7/h7H,2-6H2,1H3,(H,11,14)(H,12,15). The van der Waals surface area contributed by atoms with Gasteiger partial charge in [-0.2, -0.15) is 0 Å². The molecule has 0 aromatic rings.